The number of thioether (sulfide) groups is 1. The van der Waals surface area contributed by atoms with Gasteiger partial charge in [-0.05, 0) is 37.7 Å². The van der Waals surface area contributed by atoms with Crippen LogP contribution in [0.2, 0.25) is 0 Å². The summed E-state index contributed by atoms with van der Waals surface area (Å²) in [7, 11) is 0. The molecule has 0 bridgehead atoms. The first-order chi connectivity index (χ1) is 8.22. The summed E-state index contributed by atoms with van der Waals surface area (Å²) in [5, 5.41) is 7.21. The first kappa shape index (κ1) is 14.3. The van der Waals surface area contributed by atoms with Gasteiger partial charge in [0.1, 0.15) is 0 Å². The van der Waals surface area contributed by atoms with Crippen molar-refractivity contribution in [3.8, 4) is 0 Å². The van der Waals surface area contributed by atoms with Crippen molar-refractivity contribution >= 4 is 29.1 Å². The van der Waals surface area contributed by atoms with Crippen molar-refractivity contribution in [1.82, 2.24) is 10.6 Å². The Hall–Kier alpha value is -0.740. The van der Waals surface area contributed by atoms with E-state index in [1.165, 1.54) is 4.90 Å². The molecular weight excluding hydrogens is 248 g/mol. The third-order valence-electron chi connectivity index (χ3n) is 2.39. The standard InChI is InChI=1S/C13H20N2S2/c1-3-11(2)15-13(16)14-9-10-17-12-7-5-4-6-8-12/h4-8,11H,3,9-10H2,1-2H3,(H2,14,15,16). The van der Waals surface area contributed by atoms with Crippen molar-refractivity contribution in [3.05, 3.63) is 30.3 Å². The minimum absolute atomic E-state index is 0.441. The highest BCUT2D eigenvalue weighted by Crippen LogP contribution is 2.15. The van der Waals surface area contributed by atoms with Crippen LogP contribution >= 0.6 is 24.0 Å². The van der Waals surface area contributed by atoms with E-state index in [1.807, 2.05) is 17.8 Å². The van der Waals surface area contributed by atoms with E-state index in [9.17, 15) is 0 Å². The zero-order valence-corrected chi connectivity index (χ0v) is 12.0. The van der Waals surface area contributed by atoms with Crippen molar-refractivity contribution in [2.75, 3.05) is 12.3 Å². The van der Waals surface area contributed by atoms with Crippen LogP contribution in [0, 0.1) is 0 Å². The predicted molar refractivity (Wildman–Crippen MR) is 80.7 cm³/mol. The molecule has 0 aliphatic rings. The maximum Gasteiger partial charge on any atom is 0.166 e. The minimum atomic E-state index is 0.441. The van der Waals surface area contributed by atoms with Gasteiger partial charge in [-0.1, -0.05) is 25.1 Å². The first-order valence-electron chi connectivity index (χ1n) is 5.94. The highest BCUT2D eigenvalue weighted by molar-refractivity contribution is 7.99. The molecule has 1 rings (SSSR count). The van der Waals surface area contributed by atoms with Gasteiger partial charge in [-0.25, -0.2) is 0 Å². The minimum Gasteiger partial charge on any atom is -0.362 e. The van der Waals surface area contributed by atoms with Gasteiger partial charge >= 0.3 is 0 Å². The van der Waals surface area contributed by atoms with Crippen molar-refractivity contribution in [3.63, 3.8) is 0 Å². The number of hydrogen-bond acceptors (Lipinski definition) is 2. The van der Waals surface area contributed by atoms with E-state index in [-0.39, 0.29) is 0 Å². The van der Waals surface area contributed by atoms with Gasteiger partial charge in [-0.3, -0.25) is 0 Å². The molecule has 17 heavy (non-hydrogen) atoms. The Morgan fingerprint density at radius 2 is 2.06 bits per heavy atom. The Labute approximate surface area is 114 Å². The van der Waals surface area contributed by atoms with Crippen LogP contribution in [-0.2, 0) is 0 Å². The highest BCUT2D eigenvalue weighted by Gasteiger charge is 2.00. The van der Waals surface area contributed by atoms with E-state index in [1.54, 1.807) is 0 Å². The van der Waals surface area contributed by atoms with Crippen LogP contribution in [0.15, 0.2) is 35.2 Å². The maximum absolute atomic E-state index is 5.20. The lowest BCUT2D eigenvalue weighted by atomic mass is 10.3. The van der Waals surface area contributed by atoms with Crippen LogP contribution in [-0.4, -0.2) is 23.5 Å². The number of benzene rings is 1. The molecule has 0 aromatic heterocycles. The zero-order chi connectivity index (χ0) is 12.5. The second kappa shape index (κ2) is 8.37. The van der Waals surface area contributed by atoms with Crippen LogP contribution in [0.5, 0.6) is 0 Å². The molecule has 0 saturated carbocycles. The second-order valence-electron chi connectivity index (χ2n) is 3.87. The normalized spacial score (nSPS) is 11.9. The van der Waals surface area contributed by atoms with Crippen LogP contribution in [0.1, 0.15) is 20.3 Å². The van der Waals surface area contributed by atoms with Gasteiger partial charge < -0.3 is 10.6 Å². The summed E-state index contributed by atoms with van der Waals surface area (Å²) in [6.07, 6.45) is 1.08. The molecule has 0 aliphatic carbocycles. The van der Waals surface area contributed by atoms with Crippen molar-refractivity contribution in [2.24, 2.45) is 0 Å². The molecule has 94 valence electrons. The summed E-state index contributed by atoms with van der Waals surface area (Å²) in [6.45, 7) is 5.17. The zero-order valence-electron chi connectivity index (χ0n) is 10.4. The number of hydrogen-bond donors (Lipinski definition) is 2. The molecular formula is C13H20N2S2. The molecule has 2 nitrogen and oxygen atoms in total. The molecule has 0 spiro atoms. The van der Waals surface area contributed by atoms with Crippen LogP contribution in [0.25, 0.3) is 0 Å². The van der Waals surface area contributed by atoms with Gasteiger partial charge in [0.05, 0.1) is 0 Å². The first-order valence-corrected chi connectivity index (χ1v) is 7.34. The Balaban J connectivity index is 2.10. The molecule has 0 radical (unpaired) electrons. The quantitative estimate of drug-likeness (QED) is 0.470. The lowest BCUT2D eigenvalue weighted by Crippen LogP contribution is -2.41. The van der Waals surface area contributed by atoms with Gasteiger partial charge in [0, 0.05) is 23.2 Å². The summed E-state index contributed by atoms with van der Waals surface area (Å²) < 4.78 is 0. The van der Waals surface area contributed by atoms with E-state index in [0.717, 1.165) is 23.8 Å². The molecule has 0 fully saturated rings. The van der Waals surface area contributed by atoms with Crippen LogP contribution in [0.3, 0.4) is 0 Å². The van der Waals surface area contributed by atoms with Crippen molar-refractivity contribution < 1.29 is 0 Å². The second-order valence-corrected chi connectivity index (χ2v) is 5.45. The van der Waals surface area contributed by atoms with Crippen molar-refractivity contribution in [2.45, 2.75) is 31.2 Å². The lowest BCUT2D eigenvalue weighted by molar-refractivity contribution is 0.634. The van der Waals surface area contributed by atoms with E-state index in [4.69, 9.17) is 12.2 Å². The van der Waals surface area contributed by atoms with Crippen LogP contribution < -0.4 is 10.6 Å². The molecule has 1 atom stereocenters. The average molecular weight is 268 g/mol. The van der Waals surface area contributed by atoms with Gasteiger partial charge in [-0.2, -0.15) is 0 Å². The molecule has 0 saturated heterocycles. The number of thiocarbonyl (C=S) groups is 1. The summed E-state index contributed by atoms with van der Waals surface area (Å²) >= 11 is 7.03. The smallest absolute Gasteiger partial charge is 0.166 e. The molecule has 0 aliphatic heterocycles. The summed E-state index contributed by atoms with van der Waals surface area (Å²) in [4.78, 5) is 1.30. The Kier molecular flexibility index (Phi) is 7.05. The van der Waals surface area contributed by atoms with Gasteiger partial charge in [0.15, 0.2) is 5.11 Å². The third kappa shape index (κ3) is 6.54. The molecule has 1 aromatic rings. The Bertz CT molecular complexity index is 327. The summed E-state index contributed by atoms with van der Waals surface area (Å²) in [5.74, 6) is 1.02. The van der Waals surface area contributed by atoms with E-state index < -0.39 is 0 Å². The Morgan fingerprint density at radius 3 is 2.71 bits per heavy atom. The SMILES string of the molecule is CCC(C)NC(=S)NCCSc1ccccc1. The summed E-state index contributed by atoms with van der Waals surface area (Å²) in [6, 6.07) is 10.8. The van der Waals surface area contributed by atoms with Gasteiger partial charge in [0.25, 0.3) is 0 Å². The van der Waals surface area contributed by atoms with E-state index in [0.29, 0.717) is 6.04 Å². The van der Waals surface area contributed by atoms with Gasteiger partial charge in [0.2, 0.25) is 0 Å². The average Bonchev–Trinajstić information content (AvgIpc) is 2.36. The van der Waals surface area contributed by atoms with Crippen molar-refractivity contribution in [1.29, 1.82) is 0 Å². The maximum atomic E-state index is 5.20. The molecule has 2 N–H and O–H groups in total. The molecule has 4 heteroatoms. The molecule has 0 amide bonds. The molecule has 1 unspecified atom stereocenters. The predicted octanol–water partition coefficient (Wildman–Crippen LogP) is 3.04. The summed E-state index contributed by atoms with van der Waals surface area (Å²) in [5.41, 5.74) is 0. The van der Waals surface area contributed by atoms with Crippen LogP contribution in [0.4, 0.5) is 0 Å². The number of rotatable bonds is 6. The third-order valence-corrected chi connectivity index (χ3v) is 3.67. The van der Waals surface area contributed by atoms with E-state index in [2.05, 4.69) is 48.7 Å². The fraction of sp³-hybridized carbons (Fsp3) is 0.462. The largest absolute Gasteiger partial charge is 0.362 e. The highest BCUT2D eigenvalue weighted by atomic mass is 32.2. The monoisotopic (exact) mass is 268 g/mol. The fourth-order valence-corrected chi connectivity index (χ4v) is 2.32. The molecule has 1 aromatic carbocycles. The lowest BCUT2D eigenvalue weighted by Gasteiger charge is -2.15. The topological polar surface area (TPSA) is 24.1 Å². The van der Waals surface area contributed by atoms with Gasteiger partial charge in [-0.15, -0.1) is 11.8 Å². The van der Waals surface area contributed by atoms with E-state index >= 15 is 0 Å². The number of nitrogens with one attached hydrogen (secondary N) is 2. The molecule has 0 heterocycles. The Morgan fingerprint density at radius 1 is 1.35 bits per heavy atom. The fourth-order valence-electron chi connectivity index (χ4n) is 1.23.